The van der Waals surface area contributed by atoms with Crippen molar-refractivity contribution in [3.05, 3.63) is 44.3 Å². The van der Waals surface area contributed by atoms with Gasteiger partial charge in [-0.1, -0.05) is 0 Å². The highest BCUT2D eigenvalue weighted by molar-refractivity contribution is 9.10. The Bertz CT molecular complexity index is 599. The number of benzene rings is 1. The van der Waals surface area contributed by atoms with E-state index in [9.17, 15) is 4.39 Å². The normalized spacial score (nSPS) is 10.8. The molecule has 0 fully saturated rings. The lowest BCUT2D eigenvalue weighted by molar-refractivity contribution is 0.288. The standard InChI is InChI=1S/C13H13Br2FN2O/c1-3-18-11(13(15)8(2)17-18)7-19-12-6-9(16)4-5-10(12)14/h4-6H,3,7H2,1-2H3. The molecule has 1 aromatic carbocycles. The van der Waals surface area contributed by atoms with Crippen LogP contribution in [-0.4, -0.2) is 9.78 Å². The van der Waals surface area contributed by atoms with Gasteiger partial charge in [-0.3, -0.25) is 4.68 Å². The molecular weight excluding hydrogens is 379 g/mol. The average molecular weight is 392 g/mol. The molecule has 102 valence electrons. The Balaban J connectivity index is 2.21. The van der Waals surface area contributed by atoms with Gasteiger partial charge >= 0.3 is 0 Å². The van der Waals surface area contributed by atoms with Crippen LogP contribution in [0.5, 0.6) is 5.75 Å². The van der Waals surface area contributed by atoms with E-state index in [4.69, 9.17) is 4.74 Å². The molecule has 0 saturated heterocycles. The summed E-state index contributed by atoms with van der Waals surface area (Å²) in [6.45, 7) is 5.03. The molecule has 0 aliphatic rings. The van der Waals surface area contributed by atoms with E-state index in [0.717, 1.165) is 26.9 Å². The first-order valence-corrected chi connectivity index (χ1v) is 7.41. The van der Waals surface area contributed by atoms with Gasteiger partial charge in [-0.25, -0.2) is 4.39 Å². The average Bonchev–Trinajstić information content (AvgIpc) is 2.66. The Labute approximate surface area is 128 Å². The summed E-state index contributed by atoms with van der Waals surface area (Å²) in [5, 5.41) is 4.38. The molecule has 0 aliphatic heterocycles. The summed E-state index contributed by atoms with van der Waals surface area (Å²) in [5.74, 6) is 0.158. The van der Waals surface area contributed by atoms with Crippen LogP contribution in [0.1, 0.15) is 18.3 Å². The Hall–Kier alpha value is -0.880. The van der Waals surface area contributed by atoms with Crippen molar-refractivity contribution in [2.24, 2.45) is 0 Å². The highest BCUT2D eigenvalue weighted by atomic mass is 79.9. The molecule has 2 rings (SSSR count). The summed E-state index contributed by atoms with van der Waals surface area (Å²) >= 11 is 6.84. The van der Waals surface area contributed by atoms with E-state index in [1.54, 1.807) is 6.07 Å². The lowest BCUT2D eigenvalue weighted by atomic mass is 10.3. The number of hydrogen-bond acceptors (Lipinski definition) is 2. The summed E-state index contributed by atoms with van der Waals surface area (Å²) < 4.78 is 22.4. The summed E-state index contributed by atoms with van der Waals surface area (Å²) in [6, 6.07) is 4.37. The van der Waals surface area contributed by atoms with Gasteiger partial charge in [0.25, 0.3) is 0 Å². The van der Waals surface area contributed by atoms with Gasteiger partial charge in [-0.05, 0) is 57.8 Å². The van der Waals surface area contributed by atoms with Crippen LogP contribution >= 0.6 is 31.9 Å². The third-order valence-corrected chi connectivity index (χ3v) is 4.40. The van der Waals surface area contributed by atoms with Crippen LogP contribution in [0.4, 0.5) is 4.39 Å². The highest BCUT2D eigenvalue weighted by Gasteiger charge is 2.13. The van der Waals surface area contributed by atoms with Crippen LogP contribution in [0.2, 0.25) is 0 Å². The van der Waals surface area contributed by atoms with Crippen molar-refractivity contribution >= 4 is 31.9 Å². The Morgan fingerprint density at radius 3 is 2.79 bits per heavy atom. The number of aromatic nitrogens is 2. The number of nitrogens with zero attached hydrogens (tertiary/aromatic N) is 2. The maximum Gasteiger partial charge on any atom is 0.136 e. The van der Waals surface area contributed by atoms with Gasteiger partial charge in [-0.2, -0.15) is 5.10 Å². The summed E-state index contributed by atoms with van der Waals surface area (Å²) in [7, 11) is 0. The number of ether oxygens (including phenoxy) is 1. The minimum absolute atomic E-state index is 0.322. The Morgan fingerprint density at radius 2 is 2.11 bits per heavy atom. The quantitative estimate of drug-likeness (QED) is 0.769. The minimum Gasteiger partial charge on any atom is -0.486 e. The third kappa shape index (κ3) is 3.17. The van der Waals surface area contributed by atoms with E-state index in [1.807, 2.05) is 18.5 Å². The van der Waals surface area contributed by atoms with Gasteiger partial charge in [0.1, 0.15) is 18.2 Å². The van der Waals surface area contributed by atoms with E-state index in [1.165, 1.54) is 12.1 Å². The molecule has 0 radical (unpaired) electrons. The molecule has 0 atom stereocenters. The van der Waals surface area contributed by atoms with Gasteiger partial charge in [-0.15, -0.1) is 0 Å². The summed E-state index contributed by atoms with van der Waals surface area (Å²) in [5.41, 5.74) is 1.86. The zero-order valence-corrected chi connectivity index (χ0v) is 13.8. The van der Waals surface area contributed by atoms with Crippen molar-refractivity contribution in [2.75, 3.05) is 0 Å². The zero-order chi connectivity index (χ0) is 14.0. The predicted octanol–water partition coefficient (Wildman–Crippen LogP) is 4.45. The van der Waals surface area contributed by atoms with E-state index < -0.39 is 0 Å². The van der Waals surface area contributed by atoms with Crippen LogP contribution in [0.25, 0.3) is 0 Å². The van der Waals surface area contributed by atoms with Gasteiger partial charge < -0.3 is 4.74 Å². The van der Waals surface area contributed by atoms with Gasteiger partial charge in [0.2, 0.25) is 0 Å². The van der Waals surface area contributed by atoms with E-state index in [2.05, 4.69) is 37.0 Å². The fourth-order valence-corrected chi connectivity index (χ4v) is 2.50. The van der Waals surface area contributed by atoms with Crippen molar-refractivity contribution in [3.63, 3.8) is 0 Å². The highest BCUT2D eigenvalue weighted by Crippen LogP contribution is 2.28. The molecule has 0 saturated carbocycles. The van der Waals surface area contributed by atoms with Crippen molar-refractivity contribution in [2.45, 2.75) is 27.0 Å². The number of aryl methyl sites for hydroxylation is 2. The van der Waals surface area contributed by atoms with Crippen molar-refractivity contribution < 1.29 is 9.13 Å². The molecule has 0 aliphatic carbocycles. The smallest absolute Gasteiger partial charge is 0.136 e. The van der Waals surface area contributed by atoms with Crippen molar-refractivity contribution in [1.82, 2.24) is 9.78 Å². The molecule has 0 amide bonds. The van der Waals surface area contributed by atoms with E-state index in [-0.39, 0.29) is 5.82 Å². The molecule has 1 heterocycles. The SMILES string of the molecule is CCn1nc(C)c(Br)c1COc1cc(F)ccc1Br. The Kier molecular flexibility index (Phi) is 4.62. The van der Waals surface area contributed by atoms with Crippen LogP contribution in [0, 0.1) is 12.7 Å². The molecule has 6 heteroatoms. The molecule has 0 spiro atoms. The van der Waals surface area contributed by atoms with E-state index >= 15 is 0 Å². The molecular formula is C13H13Br2FN2O. The van der Waals surface area contributed by atoms with Crippen LogP contribution < -0.4 is 4.74 Å². The second kappa shape index (κ2) is 6.05. The molecule has 19 heavy (non-hydrogen) atoms. The van der Waals surface area contributed by atoms with Crippen LogP contribution in [0.15, 0.2) is 27.1 Å². The lowest BCUT2D eigenvalue weighted by Crippen LogP contribution is -2.07. The summed E-state index contributed by atoms with van der Waals surface area (Å²) in [6.07, 6.45) is 0. The fourth-order valence-electron chi connectivity index (χ4n) is 1.74. The number of halogens is 3. The third-order valence-electron chi connectivity index (χ3n) is 2.71. The minimum atomic E-state index is -0.322. The zero-order valence-electron chi connectivity index (χ0n) is 10.6. The number of hydrogen-bond donors (Lipinski definition) is 0. The van der Waals surface area contributed by atoms with Gasteiger partial charge in [0, 0.05) is 12.6 Å². The maximum atomic E-state index is 13.2. The fraction of sp³-hybridized carbons (Fsp3) is 0.308. The van der Waals surface area contributed by atoms with Crippen molar-refractivity contribution in [3.8, 4) is 5.75 Å². The molecule has 0 unspecified atom stereocenters. The first-order valence-electron chi connectivity index (χ1n) is 5.82. The van der Waals surface area contributed by atoms with Crippen molar-refractivity contribution in [1.29, 1.82) is 0 Å². The van der Waals surface area contributed by atoms with E-state index in [0.29, 0.717) is 12.4 Å². The Morgan fingerprint density at radius 1 is 1.37 bits per heavy atom. The van der Waals surface area contributed by atoms with Gasteiger partial charge in [0.15, 0.2) is 0 Å². The van der Waals surface area contributed by atoms with Crippen LogP contribution in [0.3, 0.4) is 0 Å². The molecule has 2 aromatic rings. The number of rotatable bonds is 4. The summed E-state index contributed by atoms with van der Waals surface area (Å²) in [4.78, 5) is 0. The molecule has 1 aromatic heterocycles. The monoisotopic (exact) mass is 390 g/mol. The maximum absolute atomic E-state index is 13.2. The topological polar surface area (TPSA) is 27.1 Å². The largest absolute Gasteiger partial charge is 0.486 e. The van der Waals surface area contributed by atoms with Gasteiger partial charge in [0.05, 0.1) is 20.3 Å². The lowest BCUT2D eigenvalue weighted by Gasteiger charge is -2.10. The predicted molar refractivity (Wildman–Crippen MR) is 78.8 cm³/mol. The molecule has 3 nitrogen and oxygen atoms in total. The second-order valence-corrected chi connectivity index (χ2v) is 5.67. The second-order valence-electron chi connectivity index (χ2n) is 4.03. The molecule has 0 bridgehead atoms. The van der Waals surface area contributed by atoms with Crippen LogP contribution in [-0.2, 0) is 13.2 Å². The first kappa shape index (κ1) is 14.5. The molecule has 0 N–H and O–H groups in total. The first-order chi connectivity index (χ1) is 9.02.